The van der Waals surface area contributed by atoms with Gasteiger partial charge in [-0.2, -0.15) is 5.10 Å². The van der Waals surface area contributed by atoms with E-state index in [1.54, 1.807) is 39.0 Å². The number of rotatable bonds is 4. The third-order valence-electron chi connectivity index (χ3n) is 1.89. The SMILES string of the molecule is CC(C)(C)OC(=O)NC/C=N/NC(=O)c1ccccn1. The van der Waals surface area contributed by atoms with Crippen LogP contribution in [0.15, 0.2) is 29.5 Å². The van der Waals surface area contributed by atoms with Crippen molar-refractivity contribution in [2.45, 2.75) is 26.4 Å². The number of pyridine rings is 1. The number of carbonyl (C=O) groups excluding carboxylic acids is 2. The van der Waals surface area contributed by atoms with Crippen molar-refractivity contribution in [3.8, 4) is 0 Å². The number of amides is 2. The zero-order valence-corrected chi connectivity index (χ0v) is 11.7. The van der Waals surface area contributed by atoms with Crippen LogP contribution in [0, 0.1) is 0 Å². The molecule has 7 heteroatoms. The minimum absolute atomic E-state index is 0.150. The minimum Gasteiger partial charge on any atom is -0.444 e. The number of alkyl carbamates (subject to hydrolysis) is 1. The first-order chi connectivity index (χ1) is 9.38. The van der Waals surface area contributed by atoms with Gasteiger partial charge in [0.25, 0.3) is 5.91 Å². The van der Waals surface area contributed by atoms with Gasteiger partial charge in [-0.05, 0) is 32.9 Å². The summed E-state index contributed by atoms with van der Waals surface area (Å²) in [6, 6.07) is 4.99. The fourth-order valence-electron chi connectivity index (χ4n) is 1.15. The average molecular weight is 278 g/mol. The van der Waals surface area contributed by atoms with Gasteiger partial charge in [0.15, 0.2) is 0 Å². The van der Waals surface area contributed by atoms with Crippen LogP contribution in [0.25, 0.3) is 0 Å². The molecule has 1 aromatic heterocycles. The molecule has 20 heavy (non-hydrogen) atoms. The second kappa shape index (κ2) is 7.22. The fourth-order valence-corrected chi connectivity index (χ4v) is 1.15. The van der Waals surface area contributed by atoms with Crippen LogP contribution in [0.3, 0.4) is 0 Å². The first kappa shape index (κ1) is 15.6. The van der Waals surface area contributed by atoms with Gasteiger partial charge in [0, 0.05) is 12.4 Å². The lowest BCUT2D eigenvalue weighted by atomic mass is 10.2. The molecule has 0 aliphatic rings. The summed E-state index contributed by atoms with van der Waals surface area (Å²) >= 11 is 0. The van der Waals surface area contributed by atoms with Crippen molar-refractivity contribution in [2.24, 2.45) is 5.10 Å². The Labute approximate surface area is 117 Å². The molecule has 0 radical (unpaired) electrons. The number of aromatic nitrogens is 1. The van der Waals surface area contributed by atoms with Crippen LogP contribution in [0.2, 0.25) is 0 Å². The number of nitrogens with one attached hydrogen (secondary N) is 2. The largest absolute Gasteiger partial charge is 0.444 e. The molecule has 7 nitrogen and oxygen atoms in total. The van der Waals surface area contributed by atoms with Crippen LogP contribution in [0.4, 0.5) is 4.79 Å². The van der Waals surface area contributed by atoms with Crippen LogP contribution >= 0.6 is 0 Å². The van der Waals surface area contributed by atoms with Crippen molar-refractivity contribution < 1.29 is 14.3 Å². The molecule has 0 unspecified atom stereocenters. The van der Waals surface area contributed by atoms with Gasteiger partial charge in [0.2, 0.25) is 0 Å². The van der Waals surface area contributed by atoms with Crippen LogP contribution < -0.4 is 10.7 Å². The van der Waals surface area contributed by atoms with Crippen LogP contribution in [0.5, 0.6) is 0 Å². The Morgan fingerprint density at radius 1 is 1.40 bits per heavy atom. The molecule has 0 spiro atoms. The van der Waals surface area contributed by atoms with Crippen molar-refractivity contribution in [3.63, 3.8) is 0 Å². The Bertz CT molecular complexity index is 480. The number of nitrogens with zero attached hydrogens (tertiary/aromatic N) is 2. The molecule has 0 saturated carbocycles. The Morgan fingerprint density at radius 3 is 2.75 bits per heavy atom. The molecule has 0 fully saturated rings. The highest BCUT2D eigenvalue weighted by Gasteiger charge is 2.15. The summed E-state index contributed by atoms with van der Waals surface area (Å²) in [5.41, 5.74) is 2.02. The summed E-state index contributed by atoms with van der Waals surface area (Å²) in [4.78, 5) is 26.7. The Morgan fingerprint density at radius 2 is 2.15 bits per heavy atom. The van der Waals surface area contributed by atoms with Crippen LogP contribution in [-0.4, -0.2) is 35.3 Å². The fraction of sp³-hybridized carbons (Fsp3) is 0.385. The Hall–Kier alpha value is -2.44. The molecule has 2 N–H and O–H groups in total. The third kappa shape index (κ3) is 6.48. The lowest BCUT2D eigenvalue weighted by molar-refractivity contribution is 0.0536. The number of hydrogen-bond donors (Lipinski definition) is 2. The van der Waals surface area contributed by atoms with Gasteiger partial charge in [-0.15, -0.1) is 0 Å². The van der Waals surface area contributed by atoms with Gasteiger partial charge in [0.1, 0.15) is 11.3 Å². The smallest absolute Gasteiger partial charge is 0.407 e. The molecule has 108 valence electrons. The molecule has 1 aromatic rings. The molecule has 0 aliphatic carbocycles. The van der Waals surface area contributed by atoms with Gasteiger partial charge in [0.05, 0.1) is 6.54 Å². The zero-order valence-electron chi connectivity index (χ0n) is 11.7. The quantitative estimate of drug-likeness (QED) is 0.641. The lowest BCUT2D eigenvalue weighted by Crippen LogP contribution is -2.33. The molecule has 1 rings (SSSR count). The highest BCUT2D eigenvalue weighted by atomic mass is 16.6. The lowest BCUT2D eigenvalue weighted by Gasteiger charge is -2.19. The molecule has 0 atom stereocenters. The second-order valence-electron chi connectivity index (χ2n) is 4.85. The number of hydrazone groups is 1. The summed E-state index contributed by atoms with van der Waals surface area (Å²) in [5.74, 6) is -0.417. The average Bonchev–Trinajstić information content (AvgIpc) is 2.37. The van der Waals surface area contributed by atoms with Gasteiger partial charge >= 0.3 is 6.09 Å². The molecule has 0 aromatic carbocycles. The Kier molecular flexibility index (Phi) is 5.64. The molecule has 0 saturated heterocycles. The minimum atomic E-state index is -0.547. The number of carbonyl (C=O) groups is 2. The molecule has 2 amide bonds. The summed E-state index contributed by atoms with van der Waals surface area (Å²) in [6.45, 7) is 5.46. The maximum absolute atomic E-state index is 11.5. The van der Waals surface area contributed by atoms with Crippen molar-refractivity contribution >= 4 is 18.2 Å². The van der Waals surface area contributed by atoms with E-state index in [4.69, 9.17) is 4.74 Å². The molecular formula is C13H18N4O3. The Balaban J connectivity index is 2.26. The molecule has 0 bridgehead atoms. The van der Waals surface area contributed by atoms with Crippen molar-refractivity contribution in [1.82, 2.24) is 15.7 Å². The summed E-state index contributed by atoms with van der Waals surface area (Å²) in [6.07, 6.45) is 2.33. The van der Waals surface area contributed by atoms with Crippen molar-refractivity contribution in [2.75, 3.05) is 6.54 Å². The van der Waals surface area contributed by atoms with E-state index < -0.39 is 17.6 Å². The monoisotopic (exact) mass is 278 g/mol. The second-order valence-corrected chi connectivity index (χ2v) is 4.85. The standard InChI is InChI=1S/C13H18N4O3/c1-13(2,3)20-12(19)15-8-9-16-17-11(18)10-6-4-5-7-14-10/h4-7,9H,8H2,1-3H3,(H,15,19)(H,17,18)/b16-9+. The van der Waals surface area contributed by atoms with E-state index in [1.165, 1.54) is 12.4 Å². The van der Waals surface area contributed by atoms with E-state index in [1.807, 2.05) is 0 Å². The predicted octanol–water partition coefficient (Wildman–Crippen LogP) is 1.32. The van der Waals surface area contributed by atoms with Gasteiger partial charge in [-0.25, -0.2) is 10.2 Å². The van der Waals surface area contributed by atoms with Gasteiger partial charge < -0.3 is 10.1 Å². The maximum Gasteiger partial charge on any atom is 0.407 e. The molecule has 1 heterocycles. The van der Waals surface area contributed by atoms with Crippen molar-refractivity contribution in [3.05, 3.63) is 30.1 Å². The van der Waals surface area contributed by atoms with E-state index in [0.717, 1.165) is 0 Å². The van der Waals surface area contributed by atoms with E-state index in [-0.39, 0.29) is 12.2 Å². The van der Waals surface area contributed by atoms with Crippen molar-refractivity contribution in [1.29, 1.82) is 0 Å². The summed E-state index contributed by atoms with van der Waals surface area (Å²) in [5, 5.41) is 6.16. The third-order valence-corrected chi connectivity index (χ3v) is 1.89. The van der Waals surface area contributed by atoms with E-state index in [9.17, 15) is 9.59 Å². The summed E-state index contributed by atoms with van der Waals surface area (Å²) < 4.78 is 5.03. The van der Waals surface area contributed by atoms with Gasteiger partial charge in [-0.1, -0.05) is 6.07 Å². The zero-order chi connectivity index (χ0) is 15.0. The topological polar surface area (TPSA) is 92.7 Å². The molecule has 0 aliphatic heterocycles. The highest BCUT2D eigenvalue weighted by molar-refractivity contribution is 5.92. The first-order valence-corrected chi connectivity index (χ1v) is 6.08. The number of ether oxygens (including phenoxy) is 1. The normalized spacial score (nSPS) is 11.2. The van der Waals surface area contributed by atoms with E-state index >= 15 is 0 Å². The number of hydrogen-bond acceptors (Lipinski definition) is 5. The first-order valence-electron chi connectivity index (χ1n) is 6.08. The maximum atomic E-state index is 11.5. The summed E-state index contributed by atoms with van der Waals surface area (Å²) in [7, 11) is 0. The predicted molar refractivity (Wildman–Crippen MR) is 74.4 cm³/mol. The van der Waals surface area contributed by atoms with Gasteiger partial charge in [-0.3, -0.25) is 9.78 Å². The highest BCUT2D eigenvalue weighted by Crippen LogP contribution is 2.05. The van der Waals surface area contributed by atoms with E-state index in [0.29, 0.717) is 0 Å². The van der Waals surface area contributed by atoms with Crippen LogP contribution in [-0.2, 0) is 4.74 Å². The van der Waals surface area contributed by atoms with E-state index in [2.05, 4.69) is 20.8 Å². The molecular weight excluding hydrogens is 260 g/mol. The van der Waals surface area contributed by atoms with Crippen LogP contribution in [0.1, 0.15) is 31.3 Å².